The molecule has 2 N–H and O–H groups in total. The van der Waals surface area contributed by atoms with Crippen molar-refractivity contribution in [1.82, 2.24) is 0 Å². The molecule has 165 valence electrons. The second kappa shape index (κ2) is 10.8. The molecule has 0 amide bonds. The molecule has 28 heavy (non-hydrogen) atoms. The SMILES string of the molecule is C[B]C1(OC)CC1C(CC(CC)C(C)CC(C)(N)C(C)CC)C(C)C(C)CC. The van der Waals surface area contributed by atoms with Crippen LogP contribution in [0.15, 0.2) is 0 Å². The molecule has 1 radical (unpaired) electrons. The summed E-state index contributed by atoms with van der Waals surface area (Å²) in [4.78, 5) is 0. The Balaban J connectivity index is 2.95. The van der Waals surface area contributed by atoms with Gasteiger partial charge in [0.25, 0.3) is 0 Å². The van der Waals surface area contributed by atoms with E-state index >= 15 is 0 Å². The molecule has 0 saturated heterocycles. The summed E-state index contributed by atoms with van der Waals surface area (Å²) >= 11 is 0. The van der Waals surface area contributed by atoms with E-state index in [-0.39, 0.29) is 11.0 Å². The number of nitrogens with two attached hydrogens (primary N) is 1. The molecule has 1 aliphatic carbocycles. The highest BCUT2D eigenvalue weighted by molar-refractivity contribution is 6.39. The summed E-state index contributed by atoms with van der Waals surface area (Å²) in [5, 5.41) is 0. The van der Waals surface area contributed by atoms with Crippen LogP contribution in [-0.2, 0) is 4.74 Å². The Morgan fingerprint density at radius 2 is 1.68 bits per heavy atom. The molecular weight excluding hydrogens is 341 g/mol. The van der Waals surface area contributed by atoms with Gasteiger partial charge >= 0.3 is 0 Å². The lowest BCUT2D eigenvalue weighted by Crippen LogP contribution is -2.45. The highest BCUT2D eigenvalue weighted by Gasteiger charge is 2.57. The van der Waals surface area contributed by atoms with Crippen molar-refractivity contribution in [3.63, 3.8) is 0 Å². The monoisotopic (exact) mass is 392 g/mol. The maximum atomic E-state index is 6.76. The van der Waals surface area contributed by atoms with Gasteiger partial charge in [0, 0.05) is 18.1 Å². The van der Waals surface area contributed by atoms with Crippen LogP contribution in [0.4, 0.5) is 0 Å². The molecule has 3 heteroatoms. The van der Waals surface area contributed by atoms with Crippen LogP contribution in [0.2, 0.25) is 6.82 Å². The van der Waals surface area contributed by atoms with Crippen LogP contribution >= 0.6 is 0 Å². The first-order chi connectivity index (χ1) is 13.0. The Morgan fingerprint density at radius 3 is 2.07 bits per heavy atom. The molecule has 0 aromatic carbocycles. The average molecular weight is 393 g/mol. The Hall–Kier alpha value is -0.0151. The third kappa shape index (κ3) is 6.00. The fourth-order valence-electron chi connectivity index (χ4n) is 5.70. The van der Waals surface area contributed by atoms with Crippen molar-refractivity contribution in [1.29, 1.82) is 0 Å². The topological polar surface area (TPSA) is 35.2 Å². The van der Waals surface area contributed by atoms with Crippen LogP contribution in [-0.4, -0.2) is 25.4 Å². The van der Waals surface area contributed by atoms with Gasteiger partial charge in [-0.1, -0.05) is 74.6 Å². The van der Waals surface area contributed by atoms with Gasteiger partial charge in [0.2, 0.25) is 0 Å². The van der Waals surface area contributed by atoms with Crippen molar-refractivity contribution in [3.8, 4) is 0 Å². The van der Waals surface area contributed by atoms with Gasteiger partial charge in [-0.3, -0.25) is 0 Å². The third-order valence-electron chi connectivity index (χ3n) is 9.01. The van der Waals surface area contributed by atoms with Gasteiger partial charge in [-0.2, -0.15) is 0 Å². The molecule has 9 unspecified atom stereocenters. The van der Waals surface area contributed by atoms with E-state index in [1.165, 1.54) is 25.7 Å². The van der Waals surface area contributed by atoms with E-state index in [0.29, 0.717) is 17.8 Å². The first-order valence-electron chi connectivity index (χ1n) is 12.2. The highest BCUT2D eigenvalue weighted by atomic mass is 16.5. The van der Waals surface area contributed by atoms with Crippen molar-refractivity contribution in [2.24, 2.45) is 47.2 Å². The first-order valence-corrected chi connectivity index (χ1v) is 12.2. The first kappa shape index (κ1) is 26.0. The van der Waals surface area contributed by atoms with E-state index in [0.717, 1.165) is 36.5 Å². The van der Waals surface area contributed by atoms with E-state index in [2.05, 4.69) is 69.5 Å². The summed E-state index contributed by atoms with van der Waals surface area (Å²) in [5.41, 5.74) is 6.73. The molecule has 2 nitrogen and oxygen atoms in total. The maximum Gasteiger partial charge on any atom is 0.150 e. The summed E-state index contributed by atoms with van der Waals surface area (Å²) in [6.45, 7) is 21.1. The highest BCUT2D eigenvalue weighted by Crippen LogP contribution is 2.55. The number of rotatable bonds is 14. The summed E-state index contributed by atoms with van der Waals surface area (Å²) < 4.78 is 5.98. The van der Waals surface area contributed by atoms with Gasteiger partial charge in [0.05, 0.1) is 0 Å². The van der Waals surface area contributed by atoms with E-state index in [4.69, 9.17) is 10.5 Å². The second-order valence-corrected chi connectivity index (χ2v) is 10.6. The maximum absolute atomic E-state index is 6.76. The Morgan fingerprint density at radius 1 is 1.07 bits per heavy atom. The Kier molecular flexibility index (Phi) is 10.1. The zero-order valence-corrected chi connectivity index (χ0v) is 20.8. The van der Waals surface area contributed by atoms with Crippen molar-refractivity contribution in [3.05, 3.63) is 0 Å². The molecule has 1 saturated carbocycles. The smallest absolute Gasteiger partial charge is 0.150 e. The zero-order valence-electron chi connectivity index (χ0n) is 20.8. The number of hydrogen-bond acceptors (Lipinski definition) is 2. The van der Waals surface area contributed by atoms with Gasteiger partial charge in [-0.05, 0) is 67.6 Å². The molecule has 1 aliphatic rings. The molecule has 0 bridgehead atoms. The van der Waals surface area contributed by atoms with E-state index in [1.54, 1.807) is 0 Å². The quantitative estimate of drug-likeness (QED) is 0.338. The Labute approximate surface area is 178 Å². The van der Waals surface area contributed by atoms with Crippen LogP contribution in [0.1, 0.15) is 93.9 Å². The van der Waals surface area contributed by atoms with Crippen molar-refractivity contribution in [2.45, 2.75) is 112 Å². The molecule has 0 heterocycles. The summed E-state index contributed by atoms with van der Waals surface area (Å²) in [5.74, 6) is 4.92. The van der Waals surface area contributed by atoms with E-state index < -0.39 is 0 Å². The van der Waals surface area contributed by atoms with E-state index in [9.17, 15) is 0 Å². The fourth-order valence-corrected chi connectivity index (χ4v) is 5.70. The van der Waals surface area contributed by atoms with Gasteiger partial charge in [0.1, 0.15) is 0 Å². The van der Waals surface area contributed by atoms with Gasteiger partial charge in [-0.25, -0.2) is 0 Å². The lowest BCUT2D eigenvalue weighted by Gasteiger charge is -2.39. The van der Waals surface area contributed by atoms with E-state index in [1.807, 2.05) is 7.11 Å². The molecule has 1 fully saturated rings. The summed E-state index contributed by atoms with van der Waals surface area (Å²) in [7, 11) is 4.22. The lowest BCUT2D eigenvalue weighted by molar-refractivity contribution is 0.0858. The van der Waals surface area contributed by atoms with Crippen molar-refractivity contribution in [2.75, 3.05) is 7.11 Å². The number of ether oxygens (including phenoxy) is 1. The molecule has 9 atom stereocenters. The van der Waals surface area contributed by atoms with Gasteiger partial charge in [-0.15, -0.1) is 0 Å². The van der Waals surface area contributed by atoms with Crippen LogP contribution in [0.25, 0.3) is 0 Å². The molecular formula is C25H51BNO. The standard InChI is InChI=1S/C25H51BNO/c1-11-17(4)20(7)22(23-16-25(23,26-9)28-10)14-21(13-3)18(5)15-24(8,27)19(6)12-2/h17-23H,11-16,27H2,1-10H3. The minimum atomic E-state index is -0.0630. The normalized spacial score (nSPS) is 30.6. The molecule has 1 rings (SSSR count). The van der Waals surface area contributed by atoms with Crippen LogP contribution in [0.3, 0.4) is 0 Å². The van der Waals surface area contributed by atoms with Crippen LogP contribution < -0.4 is 5.73 Å². The predicted octanol–water partition coefficient (Wildman–Crippen LogP) is 6.61. The second-order valence-electron chi connectivity index (χ2n) is 10.6. The summed E-state index contributed by atoms with van der Waals surface area (Å²) in [6, 6.07) is 0. The van der Waals surface area contributed by atoms with Crippen LogP contribution in [0, 0.1) is 41.4 Å². The largest absolute Gasteiger partial charge is 0.387 e. The minimum Gasteiger partial charge on any atom is -0.387 e. The average Bonchev–Trinajstić information content (AvgIpc) is 3.41. The van der Waals surface area contributed by atoms with Crippen molar-refractivity contribution < 1.29 is 4.74 Å². The Bertz CT molecular complexity index is 448. The van der Waals surface area contributed by atoms with Gasteiger partial charge < -0.3 is 10.5 Å². The predicted molar refractivity (Wildman–Crippen MR) is 126 cm³/mol. The minimum absolute atomic E-state index is 0.0347. The summed E-state index contributed by atoms with van der Waals surface area (Å²) in [6.07, 6.45) is 7.34. The third-order valence-corrected chi connectivity index (χ3v) is 9.01. The lowest BCUT2D eigenvalue weighted by atomic mass is 9.65. The van der Waals surface area contributed by atoms with Crippen LogP contribution in [0.5, 0.6) is 0 Å². The van der Waals surface area contributed by atoms with Crippen molar-refractivity contribution >= 4 is 7.28 Å². The number of methoxy groups -OCH3 is 1. The molecule has 0 aromatic rings. The van der Waals surface area contributed by atoms with Gasteiger partial charge in [0.15, 0.2) is 7.28 Å². The zero-order chi connectivity index (χ0) is 21.7. The molecule has 0 aliphatic heterocycles. The molecule has 0 aromatic heterocycles. The fraction of sp³-hybridized carbons (Fsp3) is 1.00. The number of hydrogen-bond donors (Lipinski definition) is 1. The molecule has 0 spiro atoms.